The van der Waals surface area contributed by atoms with Crippen molar-refractivity contribution in [2.75, 3.05) is 13.2 Å². The Hall–Kier alpha value is -2.36. The van der Waals surface area contributed by atoms with Gasteiger partial charge in [0.15, 0.2) is 0 Å². The molecule has 4 rings (SSSR count). The van der Waals surface area contributed by atoms with Crippen LogP contribution in [0.1, 0.15) is 67.5 Å². The summed E-state index contributed by atoms with van der Waals surface area (Å²) in [6.45, 7) is 7.47. The summed E-state index contributed by atoms with van der Waals surface area (Å²) >= 11 is 0. The summed E-state index contributed by atoms with van der Waals surface area (Å²) in [6.07, 6.45) is 6.77. The van der Waals surface area contributed by atoms with Crippen LogP contribution in [0.2, 0.25) is 0 Å². The maximum absolute atomic E-state index is 9.69. The molecular weight excluding hydrogens is 358 g/mol. The quantitative estimate of drug-likeness (QED) is 0.506. The zero-order valence-electron chi connectivity index (χ0n) is 17.7. The SMILES string of the molecule is CCC1(CCO)OCCc2c1[nH]c1c(C=Cc3ccccc3)cc(C(C)C)cc21. The summed E-state index contributed by atoms with van der Waals surface area (Å²) in [5.41, 5.74) is 7.02. The van der Waals surface area contributed by atoms with Crippen LogP contribution in [0.25, 0.3) is 23.1 Å². The Kier molecular flexibility index (Phi) is 5.62. The van der Waals surface area contributed by atoms with Crippen molar-refractivity contribution in [2.24, 2.45) is 0 Å². The molecule has 2 N–H and O–H groups in total. The highest BCUT2D eigenvalue weighted by atomic mass is 16.5. The number of fused-ring (bicyclic) bond motifs is 3. The number of aromatic amines is 1. The van der Waals surface area contributed by atoms with Gasteiger partial charge in [-0.15, -0.1) is 0 Å². The van der Waals surface area contributed by atoms with Gasteiger partial charge in [-0.05, 0) is 53.1 Å². The fraction of sp³-hybridized carbons (Fsp3) is 0.385. The summed E-state index contributed by atoms with van der Waals surface area (Å²) in [6, 6.07) is 15.1. The lowest BCUT2D eigenvalue weighted by atomic mass is 9.86. The molecule has 0 saturated carbocycles. The van der Waals surface area contributed by atoms with Crippen LogP contribution < -0.4 is 0 Å². The second kappa shape index (κ2) is 8.17. The zero-order valence-corrected chi connectivity index (χ0v) is 17.7. The second-order valence-corrected chi connectivity index (χ2v) is 8.33. The minimum Gasteiger partial charge on any atom is -0.396 e. The monoisotopic (exact) mass is 389 g/mol. The molecule has 29 heavy (non-hydrogen) atoms. The van der Waals surface area contributed by atoms with Crippen LogP contribution >= 0.6 is 0 Å². The van der Waals surface area contributed by atoms with E-state index in [0.29, 0.717) is 18.9 Å². The Morgan fingerprint density at radius 3 is 2.66 bits per heavy atom. The third-order valence-corrected chi connectivity index (χ3v) is 6.26. The Balaban J connectivity index is 1.91. The van der Waals surface area contributed by atoms with Gasteiger partial charge < -0.3 is 14.8 Å². The van der Waals surface area contributed by atoms with E-state index in [-0.39, 0.29) is 6.61 Å². The fourth-order valence-corrected chi connectivity index (χ4v) is 4.52. The number of nitrogens with one attached hydrogen (secondary N) is 1. The smallest absolute Gasteiger partial charge is 0.110 e. The number of aliphatic hydroxyl groups excluding tert-OH is 1. The Bertz CT molecular complexity index is 1020. The summed E-state index contributed by atoms with van der Waals surface area (Å²) in [7, 11) is 0. The molecule has 1 atom stereocenters. The number of ether oxygens (including phenoxy) is 1. The van der Waals surface area contributed by atoms with Gasteiger partial charge in [-0.25, -0.2) is 0 Å². The van der Waals surface area contributed by atoms with E-state index in [9.17, 15) is 5.11 Å². The van der Waals surface area contributed by atoms with Crippen LogP contribution in [0.15, 0.2) is 42.5 Å². The number of hydrogen-bond donors (Lipinski definition) is 2. The minimum absolute atomic E-state index is 0.126. The van der Waals surface area contributed by atoms with Crippen molar-refractivity contribution in [2.45, 2.75) is 51.6 Å². The van der Waals surface area contributed by atoms with E-state index in [1.54, 1.807) is 0 Å². The van der Waals surface area contributed by atoms with Crippen molar-refractivity contribution in [3.8, 4) is 0 Å². The minimum atomic E-state index is -0.417. The first-order valence-electron chi connectivity index (χ1n) is 10.7. The molecule has 0 spiro atoms. The van der Waals surface area contributed by atoms with E-state index in [1.165, 1.54) is 33.2 Å². The summed E-state index contributed by atoms with van der Waals surface area (Å²) in [5, 5.41) is 11.0. The van der Waals surface area contributed by atoms with E-state index in [0.717, 1.165) is 18.5 Å². The molecule has 0 radical (unpaired) electrons. The molecule has 0 fully saturated rings. The highest BCUT2D eigenvalue weighted by molar-refractivity contribution is 5.94. The van der Waals surface area contributed by atoms with E-state index in [1.807, 2.05) is 6.07 Å². The zero-order chi connectivity index (χ0) is 20.4. The molecule has 1 aliphatic heterocycles. The van der Waals surface area contributed by atoms with Gasteiger partial charge in [0.1, 0.15) is 5.60 Å². The molecule has 2 aromatic carbocycles. The van der Waals surface area contributed by atoms with E-state index < -0.39 is 5.60 Å². The highest BCUT2D eigenvalue weighted by Crippen LogP contribution is 2.42. The van der Waals surface area contributed by atoms with Crippen molar-refractivity contribution in [3.63, 3.8) is 0 Å². The van der Waals surface area contributed by atoms with E-state index >= 15 is 0 Å². The Morgan fingerprint density at radius 1 is 1.17 bits per heavy atom. The molecular formula is C26H31NO2. The standard InChI is InChI=1S/C26H31NO2/c1-4-26(13-14-28)25-22(12-15-29-26)23-17-21(18(2)3)16-20(24(23)27-25)11-10-19-8-6-5-7-9-19/h5-11,16-18,27-28H,4,12-15H2,1-3H3. The number of H-pyrrole nitrogens is 1. The molecule has 1 unspecified atom stereocenters. The topological polar surface area (TPSA) is 45.2 Å². The Morgan fingerprint density at radius 2 is 1.97 bits per heavy atom. The summed E-state index contributed by atoms with van der Waals surface area (Å²) < 4.78 is 6.25. The maximum atomic E-state index is 9.69. The first-order valence-corrected chi connectivity index (χ1v) is 10.7. The van der Waals surface area contributed by atoms with Crippen LogP contribution in [-0.4, -0.2) is 23.3 Å². The van der Waals surface area contributed by atoms with Crippen molar-refractivity contribution in [1.29, 1.82) is 0 Å². The predicted molar refractivity (Wildman–Crippen MR) is 121 cm³/mol. The predicted octanol–water partition coefficient (Wildman–Crippen LogP) is 6.02. The molecule has 0 amide bonds. The normalized spacial score (nSPS) is 19.3. The third-order valence-electron chi connectivity index (χ3n) is 6.26. The van der Waals surface area contributed by atoms with Gasteiger partial charge in [-0.3, -0.25) is 0 Å². The second-order valence-electron chi connectivity index (χ2n) is 8.33. The number of rotatable bonds is 6. The summed E-state index contributed by atoms with van der Waals surface area (Å²) in [4.78, 5) is 3.73. The molecule has 3 nitrogen and oxygen atoms in total. The summed E-state index contributed by atoms with van der Waals surface area (Å²) in [5.74, 6) is 0.460. The Labute approximate surface area is 173 Å². The van der Waals surface area contributed by atoms with Crippen LogP contribution in [0.4, 0.5) is 0 Å². The van der Waals surface area contributed by atoms with Gasteiger partial charge in [0.05, 0.1) is 17.8 Å². The lowest BCUT2D eigenvalue weighted by Gasteiger charge is -2.36. The van der Waals surface area contributed by atoms with Crippen molar-refractivity contribution in [1.82, 2.24) is 4.98 Å². The highest BCUT2D eigenvalue weighted by Gasteiger charge is 2.38. The largest absolute Gasteiger partial charge is 0.396 e. The number of aromatic nitrogens is 1. The van der Waals surface area contributed by atoms with Gasteiger partial charge in [-0.2, -0.15) is 0 Å². The van der Waals surface area contributed by atoms with Crippen molar-refractivity contribution in [3.05, 3.63) is 70.4 Å². The molecule has 0 bridgehead atoms. The first-order chi connectivity index (χ1) is 14.1. The number of aliphatic hydroxyl groups is 1. The molecule has 2 heterocycles. The van der Waals surface area contributed by atoms with Crippen molar-refractivity contribution < 1.29 is 9.84 Å². The number of hydrogen-bond acceptors (Lipinski definition) is 2. The van der Waals surface area contributed by atoms with Gasteiger partial charge in [0.2, 0.25) is 0 Å². The third kappa shape index (κ3) is 3.65. The molecule has 3 aromatic rings. The molecule has 0 aliphatic carbocycles. The average molecular weight is 390 g/mol. The molecule has 0 saturated heterocycles. The molecule has 3 heteroatoms. The van der Waals surface area contributed by atoms with Gasteiger partial charge >= 0.3 is 0 Å². The van der Waals surface area contributed by atoms with Gasteiger partial charge in [0, 0.05) is 18.4 Å². The van der Waals surface area contributed by atoms with Gasteiger partial charge in [0.25, 0.3) is 0 Å². The first kappa shape index (κ1) is 19.9. The van der Waals surface area contributed by atoms with Crippen LogP contribution in [0, 0.1) is 0 Å². The number of benzene rings is 2. The maximum Gasteiger partial charge on any atom is 0.110 e. The van der Waals surface area contributed by atoms with Crippen LogP contribution in [-0.2, 0) is 16.8 Å². The van der Waals surface area contributed by atoms with Crippen LogP contribution in [0.3, 0.4) is 0 Å². The van der Waals surface area contributed by atoms with Crippen LogP contribution in [0.5, 0.6) is 0 Å². The lowest BCUT2D eigenvalue weighted by Crippen LogP contribution is -2.36. The van der Waals surface area contributed by atoms with Crippen molar-refractivity contribution >= 4 is 23.1 Å². The molecule has 1 aromatic heterocycles. The fourth-order valence-electron chi connectivity index (χ4n) is 4.52. The van der Waals surface area contributed by atoms with E-state index in [4.69, 9.17) is 4.74 Å². The van der Waals surface area contributed by atoms with E-state index in [2.05, 4.69) is 74.3 Å². The average Bonchev–Trinajstić information content (AvgIpc) is 3.13. The molecule has 152 valence electrons. The van der Waals surface area contributed by atoms with Gasteiger partial charge in [-0.1, -0.05) is 63.3 Å². The lowest BCUT2D eigenvalue weighted by molar-refractivity contribution is -0.0795. The molecule has 1 aliphatic rings.